The number of carbonyl (C=O) groups is 1. The van der Waals surface area contributed by atoms with Gasteiger partial charge in [-0.2, -0.15) is 0 Å². The molecule has 1 fully saturated rings. The van der Waals surface area contributed by atoms with Gasteiger partial charge in [0, 0.05) is 24.2 Å². The van der Waals surface area contributed by atoms with E-state index in [0.29, 0.717) is 30.9 Å². The van der Waals surface area contributed by atoms with Crippen LogP contribution in [0, 0.1) is 6.92 Å². The number of fused-ring (bicyclic) bond motifs is 1. The third-order valence-corrected chi connectivity index (χ3v) is 5.65. The molecular formula is C23H28N4O4. The van der Waals surface area contributed by atoms with Gasteiger partial charge in [0.2, 0.25) is 0 Å². The third-order valence-electron chi connectivity index (χ3n) is 5.65. The summed E-state index contributed by atoms with van der Waals surface area (Å²) < 4.78 is 7.15. The molecule has 0 aromatic carbocycles. The minimum atomic E-state index is -0.580. The lowest BCUT2D eigenvalue weighted by Gasteiger charge is -2.26. The van der Waals surface area contributed by atoms with E-state index in [4.69, 9.17) is 4.42 Å². The van der Waals surface area contributed by atoms with E-state index in [9.17, 15) is 14.4 Å². The van der Waals surface area contributed by atoms with Crippen LogP contribution in [-0.2, 0) is 13.1 Å². The summed E-state index contributed by atoms with van der Waals surface area (Å²) in [4.78, 5) is 47.7. The normalized spacial score (nSPS) is 13.8. The molecule has 0 bridgehead atoms. The zero-order valence-corrected chi connectivity index (χ0v) is 18.4. The molecule has 8 nitrogen and oxygen atoms in total. The van der Waals surface area contributed by atoms with Crippen LogP contribution in [0.1, 0.15) is 73.5 Å². The molecule has 3 heterocycles. The predicted octanol–water partition coefficient (Wildman–Crippen LogP) is 3.32. The first-order chi connectivity index (χ1) is 14.8. The van der Waals surface area contributed by atoms with E-state index in [1.54, 1.807) is 11.0 Å². The van der Waals surface area contributed by atoms with Crippen LogP contribution in [-0.4, -0.2) is 31.4 Å². The van der Waals surface area contributed by atoms with E-state index in [0.717, 1.165) is 24.3 Å². The SMILES string of the molecule is CCCn1c(=O)[nH]c(=O)c2c(C(=O)N(Cc3ccc(C)o3)C(C)C)cc(C3CC3)nc21. The molecule has 0 unspecified atom stereocenters. The molecule has 1 aliphatic rings. The average molecular weight is 425 g/mol. The molecule has 1 N–H and O–H groups in total. The van der Waals surface area contributed by atoms with E-state index in [2.05, 4.69) is 9.97 Å². The minimum Gasteiger partial charge on any atom is -0.464 e. The van der Waals surface area contributed by atoms with Gasteiger partial charge in [0.05, 0.1) is 17.5 Å². The lowest BCUT2D eigenvalue weighted by atomic mass is 10.1. The first kappa shape index (κ1) is 21.1. The van der Waals surface area contributed by atoms with Gasteiger partial charge in [0.15, 0.2) is 5.65 Å². The molecule has 31 heavy (non-hydrogen) atoms. The van der Waals surface area contributed by atoms with Crippen LogP contribution in [0.4, 0.5) is 0 Å². The molecule has 0 radical (unpaired) electrons. The molecule has 164 valence electrons. The Kier molecular flexibility index (Phi) is 5.56. The van der Waals surface area contributed by atoms with Crippen molar-refractivity contribution in [2.45, 2.75) is 72.0 Å². The fraction of sp³-hybridized carbons (Fsp3) is 0.478. The Morgan fingerprint density at radius 2 is 2.06 bits per heavy atom. The summed E-state index contributed by atoms with van der Waals surface area (Å²) in [5.74, 6) is 1.44. The number of furan rings is 1. The summed E-state index contributed by atoms with van der Waals surface area (Å²) in [6.45, 7) is 8.37. The highest BCUT2D eigenvalue weighted by Gasteiger charge is 2.30. The van der Waals surface area contributed by atoms with Crippen molar-refractivity contribution in [3.63, 3.8) is 0 Å². The summed E-state index contributed by atoms with van der Waals surface area (Å²) in [5, 5.41) is 0.170. The number of hydrogen-bond donors (Lipinski definition) is 1. The third kappa shape index (κ3) is 4.06. The zero-order valence-electron chi connectivity index (χ0n) is 18.4. The molecule has 0 spiro atoms. The van der Waals surface area contributed by atoms with Gasteiger partial charge in [-0.15, -0.1) is 0 Å². The van der Waals surface area contributed by atoms with Crippen molar-refractivity contribution in [3.8, 4) is 0 Å². The van der Waals surface area contributed by atoms with Gasteiger partial charge < -0.3 is 9.32 Å². The van der Waals surface area contributed by atoms with Crippen LogP contribution in [0.25, 0.3) is 11.0 Å². The number of hydrogen-bond acceptors (Lipinski definition) is 5. The lowest BCUT2D eigenvalue weighted by molar-refractivity contribution is 0.0677. The van der Waals surface area contributed by atoms with Crippen LogP contribution < -0.4 is 11.2 Å². The van der Waals surface area contributed by atoms with E-state index < -0.39 is 11.2 Å². The van der Waals surface area contributed by atoms with E-state index in [1.807, 2.05) is 39.8 Å². The smallest absolute Gasteiger partial charge is 0.329 e. The highest BCUT2D eigenvalue weighted by atomic mass is 16.3. The summed E-state index contributed by atoms with van der Waals surface area (Å²) in [6, 6.07) is 5.33. The summed E-state index contributed by atoms with van der Waals surface area (Å²) in [7, 11) is 0. The molecule has 8 heteroatoms. The number of aryl methyl sites for hydroxylation is 2. The molecule has 1 amide bonds. The maximum absolute atomic E-state index is 13.7. The van der Waals surface area contributed by atoms with Gasteiger partial charge in [-0.05, 0) is 58.2 Å². The number of nitrogens with zero attached hydrogens (tertiary/aromatic N) is 3. The Labute approximate surface area is 179 Å². The molecule has 1 saturated carbocycles. The molecule has 0 saturated heterocycles. The molecular weight excluding hydrogens is 396 g/mol. The summed E-state index contributed by atoms with van der Waals surface area (Å²) >= 11 is 0. The number of carbonyl (C=O) groups excluding carboxylic acids is 1. The second-order valence-corrected chi connectivity index (χ2v) is 8.52. The monoisotopic (exact) mass is 424 g/mol. The lowest BCUT2D eigenvalue weighted by Crippen LogP contribution is -2.38. The molecule has 0 atom stereocenters. The van der Waals surface area contributed by atoms with Crippen LogP contribution in [0.2, 0.25) is 0 Å². The van der Waals surface area contributed by atoms with Gasteiger partial charge >= 0.3 is 5.69 Å². The number of amides is 1. The van der Waals surface area contributed by atoms with Gasteiger partial charge in [-0.1, -0.05) is 6.92 Å². The molecule has 3 aromatic heterocycles. The standard InChI is InChI=1S/C23H28N4O4/c1-5-10-26-20-19(21(28)25-23(26)30)17(11-18(24-20)15-7-8-15)22(29)27(13(2)3)12-16-9-6-14(4)31-16/h6,9,11,13,15H,5,7-8,10,12H2,1-4H3,(H,25,28,30). The number of nitrogens with one attached hydrogen (secondary N) is 1. The Balaban J connectivity index is 1.90. The van der Waals surface area contributed by atoms with Crippen molar-refractivity contribution in [2.24, 2.45) is 0 Å². The fourth-order valence-corrected chi connectivity index (χ4v) is 3.86. The van der Waals surface area contributed by atoms with Crippen molar-refractivity contribution in [1.29, 1.82) is 0 Å². The average Bonchev–Trinajstić information content (AvgIpc) is 3.49. The van der Waals surface area contributed by atoms with Crippen molar-refractivity contribution >= 4 is 16.9 Å². The van der Waals surface area contributed by atoms with Crippen molar-refractivity contribution in [2.75, 3.05) is 0 Å². The largest absolute Gasteiger partial charge is 0.464 e. The van der Waals surface area contributed by atoms with Crippen LogP contribution in [0.5, 0.6) is 0 Å². The van der Waals surface area contributed by atoms with Gasteiger partial charge in [-0.25, -0.2) is 9.78 Å². The summed E-state index contributed by atoms with van der Waals surface area (Å²) in [6.07, 6.45) is 2.69. The maximum Gasteiger partial charge on any atom is 0.329 e. The van der Waals surface area contributed by atoms with Gasteiger partial charge in [-0.3, -0.25) is 19.1 Å². The molecule has 3 aromatic rings. The first-order valence-corrected chi connectivity index (χ1v) is 10.8. The molecule has 1 aliphatic carbocycles. The van der Waals surface area contributed by atoms with Gasteiger partial charge in [0.1, 0.15) is 11.5 Å². The Morgan fingerprint density at radius 3 is 2.65 bits per heavy atom. The molecule has 0 aliphatic heterocycles. The van der Waals surface area contributed by atoms with Gasteiger partial charge in [0.25, 0.3) is 11.5 Å². The van der Waals surface area contributed by atoms with Crippen molar-refractivity contribution < 1.29 is 9.21 Å². The predicted molar refractivity (Wildman–Crippen MR) is 117 cm³/mol. The van der Waals surface area contributed by atoms with E-state index >= 15 is 0 Å². The Hall–Kier alpha value is -3.16. The highest BCUT2D eigenvalue weighted by Crippen LogP contribution is 2.40. The Morgan fingerprint density at radius 1 is 1.32 bits per heavy atom. The number of aromatic amines is 1. The number of rotatable bonds is 7. The van der Waals surface area contributed by atoms with Crippen LogP contribution >= 0.6 is 0 Å². The second kappa shape index (κ2) is 8.17. The Bertz CT molecular complexity index is 1250. The second-order valence-electron chi connectivity index (χ2n) is 8.52. The van der Waals surface area contributed by atoms with Crippen LogP contribution in [0.15, 0.2) is 32.2 Å². The van der Waals surface area contributed by atoms with Crippen molar-refractivity contribution in [3.05, 3.63) is 61.8 Å². The topological polar surface area (TPSA) is 101 Å². The number of H-pyrrole nitrogens is 1. The van der Waals surface area contributed by atoms with E-state index in [1.165, 1.54) is 4.57 Å². The summed E-state index contributed by atoms with van der Waals surface area (Å²) in [5.41, 5.74) is 0.271. The number of aromatic nitrogens is 3. The van der Waals surface area contributed by atoms with Crippen molar-refractivity contribution in [1.82, 2.24) is 19.4 Å². The highest BCUT2D eigenvalue weighted by molar-refractivity contribution is 6.05. The maximum atomic E-state index is 13.7. The minimum absolute atomic E-state index is 0.119. The zero-order chi connectivity index (χ0) is 22.3. The number of pyridine rings is 1. The fourth-order valence-electron chi connectivity index (χ4n) is 3.86. The van der Waals surface area contributed by atoms with E-state index in [-0.39, 0.29) is 28.8 Å². The van der Waals surface area contributed by atoms with Crippen LogP contribution in [0.3, 0.4) is 0 Å². The first-order valence-electron chi connectivity index (χ1n) is 10.8. The molecule has 4 rings (SSSR count). The quantitative estimate of drug-likeness (QED) is 0.627.